The fourth-order valence-corrected chi connectivity index (χ4v) is 4.48. The minimum Gasteiger partial charge on any atom is -0.369 e. The van der Waals surface area contributed by atoms with Gasteiger partial charge in [-0.05, 0) is 37.5 Å². The summed E-state index contributed by atoms with van der Waals surface area (Å²) in [5, 5.41) is 5.34. The average Bonchev–Trinajstić information content (AvgIpc) is 2.97. The smallest absolute Gasteiger partial charge is 0.225 e. The molecular formula is C23H25ClN4O. The number of carbonyl (C=O) groups is 1. The van der Waals surface area contributed by atoms with Crippen molar-refractivity contribution in [1.82, 2.24) is 9.78 Å². The van der Waals surface area contributed by atoms with E-state index in [2.05, 4.69) is 35.1 Å². The van der Waals surface area contributed by atoms with E-state index in [1.165, 1.54) is 0 Å². The lowest BCUT2D eigenvalue weighted by Crippen LogP contribution is -2.41. The average molecular weight is 409 g/mol. The Kier molecular flexibility index (Phi) is 5.33. The van der Waals surface area contributed by atoms with Gasteiger partial charge < -0.3 is 10.6 Å². The maximum absolute atomic E-state index is 12.0. The van der Waals surface area contributed by atoms with Crippen molar-refractivity contribution < 1.29 is 4.79 Å². The van der Waals surface area contributed by atoms with Crippen LogP contribution in [-0.4, -0.2) is 21.7 Å². The molecule has 5 nitrogen and oxygen atoms in total. The van der Waals surface area contributed by atoms with Crippen LogP contribution in [0.25, 0.3) is 0 Å². The van der Waals surface area contributed by atoms with Crippen LogP contribution in [0.4, 0.5) is 5.69 Å². The van der Waals surface area contributed by atoms with Crippen LogP contribution < -0.4 is 10.6 Å². The Balaban J connectivity index is 1.65. The molecule has 4 rings (SSSR count). The first-order valence-electron chi connectivity index (χ1n) is 9.86. The second-order valence-electron chi connectivity index (χ2n) is 7.72. The predicted octanol–water partition coefficient (Wildman–Crippen LogP) is 4.26. The zero-order chi connectivity index (χ0) is 20.5. The number of halogens is 1. The molecule has 0 radical (unpaired) electrons. The van der Waals surface area contributed by atoms with Gasteiger partial charge in [0.1, 0.15) is 5.15 Å². The molecule has 0 aliphatic carbocycles. The fraction of sp³-hybridized carbons (Fsp3) is 0.304. The molecule has 1 aliphatic rings. The highest BCUT2D eigenvalue weighted by molar-refractivity contribution is 6.30. The number of nitrogens with two attached hydrogens (primary N) is 1. The van der Waals surface area contributed by atoms with E-state index < -0.39 is 0 Å². The first kappa shape index (κ1) is 19.5. The monoisotopic (exact) mass is 408 g/mol. The van der Waals surface area contributed by atoms with Crippen LogP contribution in [0.5, 0.6) is 0 Å². The molecule has 0 fully saturated rings. The van der Waals surface area contributed by atoms with E-state index in [0.717, 1.165) is 28.1 Å². The van der Waals surface area contributed by atoms with Gasteiger partial charge in [-0.15, -0.1) is 0 Å². The van der Waals surface area contributed by atoms with Crippen molar-refractivity contribution >= 4 is 23.2 Å². The lowest BCUT2D eigenvalue weighted by Gasteiger charge is -2.40. The molecule has 29 heavy (non-hydrogen) atoms. The summed E-state index contributed by atoms with van der Waals surface area (Å²) in [6, 6.07) is 18.3. The molecule has 1 amide bonds. The SMILES string of the molecule is Cc1nn(Cc2ccccc2)c(Cl)c1CN1c2ccccc2[C@@H](C(N)=O)C[C@H]1C. The second-order valence-corrected chi connectivity index (χ2v) is 8.08. The molecule has 1 aliphatic heterocycles. The molecule has 1 aromatic heterocycles. The van der Waals surface area contributed by atoms with Crippen LogP contribution in [0.1, 0.15) is 41.6 Å². The molecule has 0 saturated carbocycles. The Morgan fingerprint density at radius 2 is 1.83 bits per heavy atom. The molecule has 2 N–H and O–H groups in total. The van der Waals surface area contributed by atoms with Gasteiger partial charge in [-0.2, -0.15) is 5.10 Å². The zero-order valence-corrected chi connectivity index (χ0v) is 17.4. The van der Waals surface area contributed by atoms with Gasteiger partial charge in [0.2, 0.25) is 5.91 Å². The number of rotatable bonds is 5. The van der Waals surface area contributed by atoms with Crippen molar-refractivity contribution in [2.45, 2.75) is 45.3 Å². The van der Waals surface area contributed by atoms with E-state index in [1.807, 2.05) is 48.0 Å². The van der Waals surface area contributed by atoms with Crippen LogP contribution in [0.15, 0.2) is 54.6 Å². The van der Waals surface area contributed by atoms with Gasteiger partial charge in [-0.3, -0.25) is 4.79 Å². The molecule has 2 aromatic carbocycles. The summed E-state index contributed by atoms with van der Waals surface area (Å²) in [6.45, 7) is 5.40. The third-order valence-corrected chi connectivity index (χ3v) is 6.18. The van der Waals surface area contributed by atoms with Crippen LogP contribution in [-0.2, 0) is 17.9 Å². The Morgan fingerprint density at radius 3 is 2.55 bits per heavy atom. The van der Waals surface area contributed by atoms with Gasteiger partial charge in [-0.1, -0.05) is 60.1 Å². The molecule has 0 saturated heterocycles. The third kappa shape index (κ3) is 3.75. The van der Waals surface area contributed by atoms with E-state index in [0.29, 0.717) is 24.7 Å². The highest BCUT2D eigenvalue weighted by Crippen LogP contribution is 2.39. The van der Waals surface area contributed by atoms with Crippen molar-refractivity contribution in [2.24, 2.45) is 5.73 Å². The lowest BCUT2D eigenvalue weighted by molar-refractivity contribution is -0.119. The van der Waals surface area contributed by atoms with E-state index in [1.54, 1.807) is 0 Å². The van der Waals surface area contributed by atoms with Crippen molar-refractivity contribution in [2.75, 3.05) is 4.90 Å². The quantitative estimate of drug-likeness (QED) is 0.686. The van der Waals surface area contributed by atoms with Gasteiger partial charge in [0, 0.05) is 23.8 Å². The van der Waals surface area contributed by atoms with Crippen molar-refractivity contribution in [1.29, 1.82) is 0 Å². The highest BCUT2D eigenvalue weighted by Gasteiger charge is 2.33. The summed E-state index contributed by atoms with van der Waals surface area (Å²) >= 11 is 6.75. The number of nitrogens with zero attached hydrogens (tertiary/aromatic N) is 3. The number of benzene rings is 2. The van der Waals surface area contributed by atoms with Crippen LogP contribution in [0.2, 0.25) is 5.15 Å². The number of hydrogen-bond acceptors (Lipinski definition) is 3. The minimum atomic E-state index is -0.270. The molecular weight excluding hydrogens is 384 g/mol. The largest absolute Gasteiger partial charge is 0.369 e. The van der Waals surface area contributed by atoms with Crippen molar-refractivity contribution in [3.05, 3.63) is 82.1 Å². The lowest BCUT2D eigenvalue weighted by atomic mass is 9.85. The number of fused-ring (bicyclic) bond motifs is 1. The second kappa shape index (κ2) is 7.91. The number of para-hydroxylation sites is 1. The van der Waals surface area contributed by atoms with E-state index >= 15 is 0 Å². The first-order valence-corrected chi connectivity index (χ1v) is 10.2. The molecule has 2 atom stereocenters. The summed E-state index contributed by atoms with van der Waals surface area (Å²) in [5.41, 5.74) is 10.8. The Labute approximate surface area is 176 Å². The zero-order valence-electron chi connectivity index (χ0n) is 16.7. The fourth-order valence-electron chi connectivity index (χ4n) is 4.19. The van der Waals surface area contributed by atoms with Gasteiger partial charge in [-0.25, -0.2) is 4.68 Å². The molecule has 3 aromatic rings. The third-order valence-electron chi connectivity index (χ3n) is 5.76. The van der Waals surface area contributed by atoms with E-state index in [4.69, 9.17) is 17.3 Å². The van der Waals surface area contributed by atoms with E-state index in [-0.39, 0.29) is 17.9 Å². The Morgan fingerprint density at radius 1 is 1.14 bits per heavy atom. The predicted molar refractivity (Wildman–Crippen MR) is 116 cm³/mol. The van der Waals surface area contributed by atoms with E-state index in [9.17, 15) is 4.79 Å². The molecule has 150 valence electrons. The number of anilines is 1. The molecule has 6 heteroatoms. The maximum Gasteiger partial charge on any atom is 0.225 e. The van der Waals surface area contributed by atoms with Crippen LogP contribution in [0.3, 0.4) is 0 Å². The maximum atomic E-state index is 12.0. The molecule has 0 spiro atoms. The summed E-state index contributed by atoms with van der Waals surface area (Å²) in [4.78, 5) is 14.3. The Hall–Kier alpha value is -2.79. The summed E-state index contributed by atoms with van der Waals surface area (Å²) in [5.74, 6) is -0.524. The number of amides is 1. The Bertz CT molecular complexity index is 1030. The van der Waals surface area contributed by atoms with Gasteiger partial charge >= 0.3 is 0 Å². The molecule has 2 heterocycles. The number of hydrogen-bond donors (Lipinski definition) is 1. The van der Waals surface area contributed by atoms with Crippen LogP contribution in [0, 0.1) is 6.92 Å². The number of primary amides is 1. The summed E-state index contributed by atoms with van der Waals surface area (Å²) in [6.07, 6.45) is 0.696. The first-order chi connectivity index (χ1) is 14.0. The topological polar surface area (TPSA) is 64.2 Å². The number of aryl methyl sites for hydroxylation is 1. The van der Waals surface area contributed by atoms with Gasteiger partial charge in [0.25, 0.3) is 0 Å². The number of aromatic nitrogens is 2. The standard InChI is InChI=1S/C23H25ClN4O/c1-15-12-19(23(25)29)18-10-6-7-11-21(18)27(15)14-20-16(2)26-28(22(20)24)13-17-8-4-3-5-9-17/h3-11,15,19H,12-14H2,1-2H3,(H2,25,29)/t15-,19+/m1/s1. The number of carbonyl (C=O) groups excluding carboxylic acids is 1. The van der Waals surface area contributed by atoms with Crippen molar-refractivity contribution in [3.63, 3.8) is 0 Å². The van der Waals surface area contributed by atoms with Crippen LogP contribution >= 0.6 is 11.6 Å². The normalized spacial score (nSPS) is 18.5. The highest BCUT2D eigenvalue weighted by atomic mass is 35.5. The van der Waals surface area contributed by atoms with Crippen molar-refractivity contribution in [3.8, 4) is 0 Å². The minimum absolute atomic E-state index is 0.162. The molecule has 0 unspecified atom stereocenters. The van der Waals surface area contributed by atoms with Gasteiger partial charge in [0.05, 0.1) is 18.2 Å². The van der Waals surface area contributed by atoms with Gasteiger partial charge in [0.15, 0.2) is 0 Å². The molecule has 0 bridgehead atoms. The summed E-state index contributed by atoms with van der Waals surface area (Å²) < 4.78 is 1.86. The summed E-state index contributed by atoms with van der Waals surface area (Å²) in [7, 11) is 0.